The molecule has 25 heavy (non-hydrogen) atoms. The largest absolute Gasteiger partial charge is 0.353 e. The molecule has 1 heterocycles. The number of nitro groups is 1. The first-order valence-corrected chi connectivity index (χ1v) is 8.70. The van der Waals surface area contributed by atoms with Crippen LogP contribution in [-0.2, 0) is 9.59 Å². The zero-order valence-corrected chi connectivity index (χ0v) is 14.0. The number of anilines is 1. The number of rotatable bonds is 6. The van der Waals surface area contributed by atoms with Gasteiger partial charge >= 0.3 is 0 Å². The van der Waals surface area contributed by atoms with E-state index in [-0.39, 0.29) is 41.7 Å². The van der Waals surface area contributed by atoms with Crippen LogP contribution in [0.2, 0.25) is 0 Å². The van der Waals surface area contributed by atoms with Crippen LogP contribution in [0, 0.1) is 16.0 Å². The second kappa shape index (κ2) is 7.60. The van der Waals surface area contributed by atoms with Crippen molar-refractivity contribution in [3.8, 4) is 0 Å². The van der Waals surface area contributed by atoms with Gasteiger partial charge in [-0.15, -0.1) is 0 Å². The Bertz CT molecular complexity index is 666. The van der Waals surface area contributed by atoms with Gasteiger partial charge in [0.2, 0.25) is 5.91 Å². The summed E-state index contributed by atoms with van der Waals surface area (Å²) >= 11 is 0. The first-order chi connectivity index (χ1) is 12.0. The first kappa shape index (κ1) is 17.3. The van der Waals surface area contributed by atoms with Crippen LogP contribution in [0.4, 0.5) is 11.4 Å². The Hall–Kier alpha value is -2.48. The van der Waals surface area contributed by atoms with E-state index < -0.39 is 4.92 Å². The van der Waals surface area contributed by atoms with Gasteiger partial charge in [-0.25, -0.2) is 0 Å². The molecule has 0 aromatic heterocycles. The van der Waals surface area contributed by atoms with Crippen LogP contribution in [-0.4, -0.2) is 42.4 Å². The minimum absolute atomic E-state index is 0.104. The van der Waals surface area contributed by atoms with Crippen LogP contribution in [0.5, 0.6) is 0 Å². The molecule has 1 aliphatic carbocycles. The summed E-state index contributed by atoms with van der Waals surface area (Å²) in [6.07, 6.45) is 3.71. The molecule has 0 spiro atoms. The predicted molar refractivity (Wildman–Crippen MR) is 91.2 cm³/mol. The molecule has 3 rings (SSSR count). The maximum absolute atomic E-state index is 12.2. The number of nitrogens with zero attached hydrogens (tertiary/aromatic N) is 1. The molecular formula is C17H23N4O4+. The van der Waals surface area contributed by atoms with Gasteiger partial charge in [-0.3, -0.25) is 19.7 Å². The minimum Gasteiger partial charge on any atom is -0.353 e. The summed E-state index contributed by atoms with van der Waals surface area (Å²) < 4.78 is 0. The molecule has 1 aromatic rings. The maximum Gasteiger partial charge on any atom is 0.292 e. The fourth-order valence-electron chi connectivity index (χ4n) is 3.17. The number of benzene rings is 1. The van der Waals surface area contributed by atoms with Gasteiger partial charge in [-0.05, 0) is 18.9 Å². The standard InChI is InChI=1S/C17H22N4O4/c22-16(19-14-3-1-2-4-15(14)21(24)25)11-20-9-7-13(8-10-20)18-17(23)12-5-6-12/h1-4,12-13H,5-11H2,(H,18,23)(H,19,22)/p+1. The van der Waals surface area contributed by atoms with Crippen molar-refractivity contribution in [2.75, 3.05) is 25.0 Å². The highest BCUT2D eigenvalue weighted by Crippen LogP contribution is 2.29. The Kier molecular flexibility index (Phi) is 5.28. The second-order valence-corrected chi connectivity index (χ2v) is 6.81. The second-order valence-electron chi connectivity index (χ2n) is 6.81. The SMILES string of the molecule is O=C(C[NH+]1CCC(NC(=O)C2CC2)CC1)Nc1ccccc1[N+](=O)[O-]. The maximum atomic E-state index is 12.2. The Balaban J connectivity index is 1.45. The number of piperidine rings is 1. The van der Waals surface area contributed by atoms with Crippen LogP contribution in [0.25, 0.3) is 0 Å². The zero-order valence-electron chi connectivity index (χ0n) is 14.0. The number of amides is 2. The van der Waals surface area contributed by atoms with Crippen molar-refractivity contribution in [1.29, 1.82) is 0 Å². The number of quaternary nitrogens is 1. The lowest BCUT2D eigenvalue weighted by molar-refractivity contribution is -0.897. The molecule has 1 saturated heterocycles. The molecule has 0 bridgehead atoms. The Morgan fingerprint density at radius 2 is 1.84 bits per heavy atom. The molecule has 3 N–H and O–H groups in total. The van der Waals surface area contributed by atoms with Crippen molar-refractivity contribution in [3.63, 3.8) is 0 Å². The number of hydrogen-bond donors (Lipinski definition) is 3. The predicted octanol–water partition coefficient (Wildman–Crippen LogP) is 0.107. The Labute approximate surface area is 145 Å². The van der Waals surface area contributed by atoms with Gasteiger partial charge in [0.1, 0.15) is 5.69 Å². The third-order valence-electron chi connectivity index (χ3n) is 4.77. The highest BCUT2D eigenvalue weighted by molar-refractivity contribution is 5.93. The molecule has 8 heteroatoms. The zero-order chi connectivity index (χ0) is 17.8. The smallest absolute Gasteiger partial charge is 0.292 e. The lowest BCUT2D eigenvalue weighted by Gasteiger charge is -2.29. The van der Waals surface area contributed by atoms with E-state index in [1.807, 2.05) is 0 Å². The van der Waals surface area contributed by atoms with Gasteiger partial charge in [0, 0.05) is 30.9 Å². The van der Waals surface area contributed by atoms with Crippen molar-refractivity contribution in [2.24, 2.45) is 5.92 Å². The summed E-state index contributed by atoms with van der Waals surface area (Å²) in [6.45, 7) is 1.88. The fraction of sp³-hybridized carbons (Fsp3) is 0.529. The van der Waals surface area contributed by atoms with Crippen LogP contribution < -0.4 is 15.5 Å². The van der Waals surface area contributed by atoms with Gasteiger partial charge < -0.3 is 15.5 Å². The van der Waals surface area contributed by atoms with E-state index in [1.165, 1.54) is 12.1 Å². The van der Waals surface area contributed by atoms with E-state index in [1.54, 1.807) is 12.1 Å². The summed E-state index contributed by atoms with van der Waals surface area (Å²) in [4.78, 5) is 35.6. The molecule has 0 unspecified atom stereocenters. The van der Waals surface area contributed by atoms with Crippen molar-refractivity contribution in [2.45, 2.75) is 31.7 Å². The molecule has 1 aromatic carbocycles. The number of nitrogens with one attached hydrogen (secondary N) is 3. The number of likely N-dealkylation sites (tertiary alicyclic amines) is 1. The average molecular weight is 347 g/mol. The van der Waals surface area contributed by atoms with E-state index in [4.69, 9.17) is 0 Å². The molecule has 0 radical (unpaired) electrons. The van der Waals surface area contributed by atoms with E-state index in [2.05, 4.69) is 10.6 Å². The molecule has 0 atom stereocenters. The lowest BCUT2D eigenvalue weighted by atomic mass is 10.0. The summed E-state index contributed by atoms with van der Waals surface area (Å²) in [5, 5.41) is 16.7. The van der Waals surface area contributed by atoms with Crippen LogP contribution in [0.15, 0.2) is 24.3 Å². The third-order valence-corrected chi connectivity index (χ3v) is 4.77. The van der Waals surface area contributed by atoms with Crippen LogP contribution in [0.1, 0.15) is 25.7 Å². The van der Waals surface area contributed by atoms with Crippen molar-refractivity contribution < 1.29 is 19.4 Å². The number of carbonyl (C=O) groups excluding carboxylic acids is 2. The molecule has 2 aliphatic rings. The van der Waals surface area contributed by atoms with Gasteiger partial charge in [-0.2, -0.15) is 0 Å². The monoisotopic (exact) mass is 347 g/mol. The molecule has 8 nitrogen and oxygen atoms in total. The van der Waals surface area contributed by atoms with E-state index in [0.29, 0.717) is 0 Å². The van der Waals surface area contributed by atoms with E-state index in [9.17, 15) is 19.7 Å². The molecular weight excluding hydrogens is 324 g/mol. The van der Waals surface area contributed by atoms with Gasteiger partial charge in [0.25, 0.3) is 11.6 Å². The summed E-state index contributed by atoms with van der Waals surface area (Å²) in [7, 11) is 0. The van der Waals surface area contributed by atoms with E-state index >= 15 is 0 Å². The van der Waals surface area contributed by atoms with Crippen LogP contribution in [0.3, 0.4) is 0 Å². The normalized spacial score (nSPS) is 22.9. The summed E-state index contributed by atoms with van der Waals surface area (Å²) in [5.74, 6) is 0.158. The number of carbonyl (C=O) groups is 2. The first-order valence-electron chi connectivity index (χ1n) is 8.70. The van der Waals surface area contributed by atoms with Crippen LogP contribution >= 0.6 is 0 Å². The highest BCUT2D eigenvalue weighted by Gasteiger charge is 2.32. The molecule has 134 valence electrons. The Morgan fingerprint density at radius 1 is 1.16 bits per heavy atom. The van der Waals surface area contributed by atoms with Crippen molar-refractivity contribution in [3.05, 3.63) is 34.4 Å². The van der Waals surface area contributed by atoms with Crippen molar-refractivity contribution in [1.82, 2.24) is 5.32 Å². The Morgan fingerprint density at radius 3 is 2.48 bits per heavy atom. The lowest BCUT2D eigenvalue weighted by Crippen LogP contribution is -3.14. The van der Waals surface area contributed by atoms with Gasteiger partial charge in [-0.1, -0.05) is 12.1 Å². The summed E-state index contributed by atoms with van der Waals surface area (Å²) in [5.41, 5.74) is 0.121. The number of hydrogen-bond acceptors (Lipinski definition) is 4. The van der Waals surface area contributed by atoms with Gasteiger partial charge in [0.15, 0.2) is 6.54 Å². The van der Waals surface area contributed by atoms with Gasteiger partial charge in [0.05, 0.1) is 18.0 Å². The number of para-hydroxylation sites is 2. The quantitative estimate of drug-likeness (QED) is 0.501. The van der Waals surface area contributed by atoms with E-state index in [0.717, 1.165) is 43.7 Å². The molecule has 1 aliphatic heterocycles. The number of nitro benzene ring substituents is 1. The topological polar surface area (TPSA) is 106 Å². The fourth-order valence-corrected chi connectivity index (χ4v) is 3.17. The molecule has 2 fully saturated rings. The average Bonchev–Trinajstić information content (AvgIpc) is 3.42. The highest BCUT2D eigenvalue weighted by atomic mass is 16.6. The molecule has 1 saturated carbocycles. The molecule has 2 amide bonds. The third kappa shape index (κ3) is 4.76. The minimum atomic E-state index is -0.503. The summed E-state index contributed by atoms with van der Waals surface area (Å²) in [6, 6.07) is 6.33. The van der Waals surface area contributed by atoms with Crippen molar-refractivity contribution >= 4 is 23.2 Å².